The zero-order chi connectivity index (χ0) is 12.3. The van der Waals surface area contributed by atoms with Gasteiger partial charge in [-0.15, -0.1) is 23.1 Å². The Morgan fingerprint density at radius 3 is 2.88 bits per heavy atom. The average Bonchev–Trinajstić information content (AvgIpc) is 2.72. The van der Waals surface area contributed by atoms with Crippen LogP contribution >= 0.6 is 39.0 Å². The molecular formula is C13H13BrOS2. The zero-order valence-electron chi connectivity index (χ0n) is 9.39. The highest BCUT2D eigenvalue weighted by molar-refractivity contribution is 9.10. The number of hydrogen-bond donors (Lipinski definition) is 1. The Bertz CT molecular complexity index is 496. The van der Waals surface area contributed by atoms with Gasteiger partial charge in [0.2, 0.25) is 0 Å². The lowest BCUT2D eigenvalue weighted by molar-refractivity contribution is 0.207. The molecule has 0 aliphatic rings. The Hall–Kier alpha value is -0.290. The first-order valence-electron chi connectivity index (χ1n) is 5.27. The van der Waals surface area contributed by atoms with Gasteiger partial charge in [0.05, 0.1) is 6.10 Å². The molecule has 1 heterocycles. The summed E-state index contributed by atoms with van der Waals surface area (Å²) in [6.45, 7) is 2.08. The number of halogens is 1. The molecular weight excluding hydrogens is 316 g/mol. The first-order valence-corrected chi connectivity index (χ1v) is 7.93. The normalized spacial score (nSPS) is 12.6. The van der Waals surface area contributed by atoms with Crippen LogP contribution in [0.25, 0.3) is 0 Å². The van der Waals surface area contributed by atoms with Crippen LogP contribution in [0.1, 0.15) is 16.5 Å². The van der Waals surface area contributed by atoms with E-state index in [2.05, 4.69) is 41.1 Å². The van der Waals surface area contributed by atoms with E-state index in [1.54, 1.807) is 23.1 Å². The van der Waals surface area contributed by atoms with Gasteiger partial charge in [0.1, 0.15) is 0 Å². The number of rotatable bonds is 4. The van der Waals surface area contributed by atoms with Crippen LogP contribution in [-0.4, -0.2) is 10.9 Å². The smallest absolute Gasteiger partial charge is 0.0986 e. The van der Waals surface area contributed by atoms with Crippen LogP contribution in [0.5, 0.6) is 0 Å². The van der Waals surface area contributed by atoms with Crippen LogP contribution in [-0.2, 0) is 0 Å². The van der Waals surface area contributed by atoms with E-state index in [1.807, 2.05) is 17.5 Å². The van der Waals surface area contributed by atoms with Gasteiger partial charge < -0.3 is 5.11 Å². The van der Waals surface area contributed by atoms with Gasteiger partial charge in [-0.1, -0.05) is 17.7 Å². The summed E-state index contributed by atoms with van der Waals surface area (Å²) in [6, 6.07) is 10.3. The fraction of sp³-hybridized carbons (Fsp3) is 0.231. The second-order valence-corrected chi connectivity index (χ2v) is 6.67. The first kappa shape index (κ1) is 13.1. The molecule has 1 aromatic carbocycles. The van der Waals surface area contributed by atoms with E-state index < -0.39 is 6.10 Å². The van der Waals surface area contributed by atoms with Crippen molar-refractivity contribution in [3.05, 3.63) is 50.6 Å². The number of benzene rings is 1. The minimum Gasteiger partial charge on any atom is -0.387 e. The van der Waals surface area contributed by atoms with Crippen LogP contribution in [0, 0.1) is 6.92 Å². The molecule has 0 radical (unpaired) electrons. The Morgan fingerprint density at radius 1 is 1.41 bits per heavy atom. The first-order chi connectivity index (χ1) is 8.16. The highest BCUT2D eigenvalue weighted by Gasteiger charge is 2.12. The molecule has 1 atom stereocenters. The van der Waals surface area contributed by atoms with Crippen molar-refractivity contribution < 1.29 is 5.11 Å². The molecule has 0 saturated heterocycles. The SMILES string of the molecule is Cc1cccc(SCC(O)c2sccc2Br)c1. The molecule has 1 unspecified atom stereocenters. The second-order valence-electron chi connectivity index (χ2n) is 3.78. The van der Waals surface area contributed by atoms with E-state index in [-0.39, 0.29) is 0 Å². The van der Waals surface area contributed by atoms with Crippen molar-refractivity contribution in [2.75, 3.05) is 5.75 Å². The van der Waals surface area contributed by atoms with E-state index >= 15 is 0 Å². The summed E-state index contributed by atoms with van der Waals surface area (Å²) in [5.41, 5.74) is 1.25. The van der Waals surface area contributed by atoms with Gasteiger partial charge in [0, 0.05) is 20.0 Å². The summed E-state index contributed by atoms with van der Waals surface area (Å²) < 4.78 is 1.000. The second kappa shape index (κ2) is 6.05. The molecule has 17 heavy (non-hydrogen) atoms. The van der Waals surface area contributed by atoms with Crippen molar-refractivity contribution >= 4 is 39.0 Å². The summed E-state index contributed by atoms with van der Waals surface area (Å²) in [7, 11) is 0. The third kappa shape index (κ3) is 3.58. The molecule has 2 aromatic rings. The van der Waals surface area contributed by atoms with E-state index in [0.29, 0.717) is 5.75 Å². The summed E-state index contributed by atoms with van der Waals surface area (Å²) in [5, 5.41) is 12.1. The van der Waals surface area contributed by atoms with Crippen LogP contribution < -0.4 is 0 Å². The van der Waals surface area contributed by atoms with Gasteiger partial charge in [-0.05, 0) is 46.4 Å². The molecule has 0 aliphatic carbocycles. The maximum atomic E-state index is 10.1. The quantitative estimate of drug-likeness (QED) is 0.824. The van der Waals surface area contributed by atoms with Crippen molar-refractivity contribution in [1.82, 2.24) is 0 Å². The number of thioether (sulfide) groups is 1. The van der Waals surface area contributed by atoms with Crippen molar-refractivity contribution in [1.29, 1.82) is 0 Å². The fourth-order valence-electron chi connectivity index (χ4n) is 1.50. The Labute approximate surface area is 118 Å². The Balaban J connectivity index is 1.97. The standard InChI is InChI=1S/C13H13BrOS2/c1-9-3-2-4-10(7-9)17-8-12(15)13-11(14)5-6-16-13/h2-7,12,15H,8H2,1H3. The van der Waals surface area contributed by atoms with E-state index in [1.165, 1.54) is 10.5 Å². The Kier molecular flexibility index (Phi) is 4.68. The average molecular weight is 329 g/mol. The lowest BCUT2D eigenvalue weighted by Crippen LogP contribution is -1.98. The predicted octanol–water partition coefficient (Wildman–Crippen LogP) is 4.64. The topological polar surface area (TPSA) is 20.2 Å². The Morgan fingerprint density at radius 2 is 2.24 bits per heavy atom. The zero-order valence-corrected chi connectivity index (χ0v) is 12.6. The van der Waals surface area contributed by atoms with Crippen LogP contribution in [0.15, 0.2) is 45.1 Å². The maximum absolute atomic E-state index is 10.1. The molecule has 1 aromatic heterocycles. The van der Waals surface area contributed by atoms with Crippen molar-refractivity contribution in [3.63, 3.8) is 0 Å². The molecule has 0 aliphatic heterocycles. The summed E-state index contributed by atoms with van der Waals surface area (Å²) in [6.07, 6.45) is -0.408. The molecule has 1 nitrogen and oxygen atoms in total. The van der Waals surface area contributed by atoms with Crippen LogP contribution in [0.3, 0.4) is 0 Å². The number of aliphatic hydroxyl groups is 1. The number of hydrogen-bond acceptors (Lipinski definition) is 3. The lowest BCUT2D eigenvalue weighted by Gasteiger charge is -2.09. The van der Waals surface area contributed by atoms with Crippen LogP contribution in [0.2, 0.25) is 0 Å². The monoisotopic (exact) mass is 328 g/mol. The van der Waals surface area contributed by atoms with E-state index in [9.17, 15) is 5.11 Å². The molecule has 0 bridgehead atoms. The number of aliphatic hydroxyl groups excluding tert-OH is 1. The third-order valence-corrected chi connectivity index (χ3v) is 5.39. The van der Waals surface area contributed by atoms with E-state index in [0.717, 1.165) is 9.35 Å². The highest BCUT2D eigenvalue weighted by atomic mass is 79.9. The van der Waals surface area contributed by atoms with Gasteiger partial charge in [-0.3, -0.25) is 0 Å². The molecule has 0 saturated carbocycles. The van der Waals surface area contributed by atoms with Gasteiger partial charge in [0.25, 0.3) is 0 Å². The maximum Gasteiger partial charge on any atom is 0.0986 e. The highest BCUT2D eigenvalue weighted by Crippen LogP contribution is 2.32. The van der Waals surface area contributed by atoms with E-state index in [4.69, 9.17) is 0 Å². The lowest BCUT2D eigenvalue weighted by atomic mass is 10.2. The molecule has 0 amide bonds. The summed E-state index contributed by atoms with van der Waals surface area (Å²) >= 11 is 6.72. The number of aryl methyl sites for hydroxylation is 1. The van der Waals surface area contributed by atoms with Gasteiger partial charge in [-0.2, -0.15) is 0 Å². The molecule has 2 rings (SSSR count). The minimum absolute atomic E-state index is 0.408. The molecule has 90 valence electrons. The fourth-order valence-corrected chi connectivity index (χ4v) is 4.19. The van der Waals surface area contributed by atoms with Gasteiger partial charge >= 0.3 is 0 Å². The number of thiophene rings is 1. The summed E-state index contributed by atoms with van der Waals surface area (Å²) in [5.74, 6) is 0.683. The van der Waals surface area contributed by atoms with Crippen molar-refractivity contribution in [2.45, 2.75) is 17.9 Å². The largest absolute Gasteiger partial charge is 0.387 e. The molecule has 0 fully saturated rings. The summed E-state index contributed by atoms with van der Waals surface area (Å²) in [4.78, 5) is 2.21. The molecule has 1 N–H and O–H groups in total. The molecule has 0 spiro atoms. The molecule has 4 heteroatoms. The third-order valence-electron chi connectivity index (χ3n) is 2.34. The predicted molar refractivity (Wildman–Crippen MR) is 78.9 cm³/mol. The van der Waals surface area contributed by atoms with Crippen molar-refractivity contribution in [3.8, 4) is 0 Å². The van der Waals surface area contributed by atoms with Crippen LogP contribution in [0.4, 0.5) is 0 Å². The van der Waals surface area contributed by atoms with Crippen molar-refractivity contribution in [2.24, 2.45) is 0 Å². The van der Waals surface area contributed by atoms with Gasteiger partial charge in [-0.25, -0.2) is 0 Å². The minimum atomic E-state index is -0.408. The van der Waals surface area contributed by atoms with Gasteiger partial charge in [0.15, 0.2) is 0 Å².